The van der Waals surface area contributed by atoms with Crippen molar-refractivity contribution in [2.75, 3.05) is 24.3 Å². The van der Waals surface area contributed by atoms with Crippen molar-refractivity contribution in [2.24, 2.45) is 5.73 Å². The molecule has 1 aromatic rings. The van der Waals surface area contributed by atoms with Gasteiger partial charge in [0.1, 0.15) is 5.82 Å². The van der Waals surface area contributed by atoms with E-state index in [2.05, 4.69) is 10.3 Å². The fraction of sp³-hybridized carbons (Fsp3) is 0.538. The van der Waals surface area contributed by atoms with E-state index in [1.165, 1.54) is 0 Å². The Morgan fingerprint density at radius 2 is 2.11 bits per heavy atom. The van der Waals surface area contributed by atoms with Crippen LogP contribution in [0.25, 0.3) is 0 Å². The molecule has 0 aliphatic carbocycles. The Labute approximate surface area is 108 Å². The molecule has 100 valence electrons. The molecule has 3 N–H and O–H groups in total. The van der Waals surface area contributed by atoms with Gasteiger partial charge < -0.3 is 16.0 Å². The van der Waals surface area contributed by atoms with Crippen LogP contribution in [0.1, 0.15) is 26.7 Å². The molecule has 0 spiro atoms. The van der Waals surface area contributed by atoms with Gasteiger partial charge >= 0.3 is 0 Å². The van der Waals surface area contributed by atoms with E-state index in [0.717, 1.165) is 5.82 Å². The third-order valence-corrected chi connectivity index (χ3v) is 2.49. The van der Waals surface area contributed by atoms with Gasteiger partial charge in [0.25, 0.3) is 0 Å². The molecule has 0 aliphatic rings. The Morgan fingerprint density at radius 3 is 2.56 bits per heavy atom. The number of anilines is 2. The highest BCUT2D eigenvalue weighted by molar-refractivity contribution is 5.90. The van der Waals surface area contributed by atoms with Crippen molar-refractivity contribution < 1.29 is 4.79 Å². The highest BCUT2D eigenvalue weighted by Gasteiger charge is 2.13. The molecule has 0 fully saturated rings. The molecular formula is C13H22N4O. The number of hydrogen-bond acceptors (Lipinski definition) is 4. The normalized spacial score (nSPS) is 11.2. The smallest absolute Gasteiger partial charge is 0.224 e. The van der Waals surface area contributed by atoms with Crippen LogP contribution in [0, 0.1) is 0 Å². The largest absolute Gasteiger partial charge is 0.363 e. The maximum Gasteiger partial charge on any atom is 0.224 e. The van der Waals surface area contributed by atoms with Crippen molar-refractivity contribution >= 4 is 17.4 Å². The third kappa shape index (κ3) is 5.14. The van der Waals surface area contributed by atoms with Crippen LogP contribution in [0.2, 0.25) is 0 Å². The summed E-state index contributed by atoms with van der Waals surface area (Å²) < 4.78 is 0. The van der Waals surface area contributed by atoms with E-state index in [-0.39, 0.29) is 11.4 Å². The standard InChI is InChI=1S/C13H22N4O/c1-13(2,14)8-7-12(18)16-10-5-6-11(15-9-10)17(3)4/h5-6,9H,7-8,14H2,1-4H3,(H,16,18). The zero-order valence-electron chi connectivity index (χ0n) is 11.5. The molecule has 18 heavy (non-hydrogen) atoms. The molecule has 0 saturated heterocycles. The van der Waals surface area contributed by atoms with Crippen LogP contribution in [0.15, 0.2) is 18.3 Å². The number of amides is 1. The first-order valence-corrected chi connectivity index (χ1v) is 6.00. The second kappa shape index (κ2) is 5.82. The van der Waals surface area contributed by atoms with Gasteiger partial charge in [-0.2, -0.15) is 0 Å². The van der Waals surface area contributed by atoms with Crippen molar-refractivity contribution in [1.29, 1.82) is 0 Å². The number of carbonyl (C=O) groups is 1. The number of carbonyl (C=O) groups excluding carboxylic acids is 1. The number of pyridine rings is 1. The summed E-state index contributed by atoms with van der Waals surface area (Å²) in [5.41, 5.74) is 6.23. The van der Waals surface area contributed by atoms with Crippen LogP contribution in [0.4, 0.5) is 11.5 Å². The second-order valence-electron chi connectivity index (χ2n) is 5.34. The van der Waals surface area contributed by atoms with E-state index < -0.39 is 0 Å². The summed E-state index contributed by atoms with van der Waals surface area (Å²) in [7, 11) is 3.84. The van der Waals surface area contributed by atoms with Crippen LogP contribution in [0.3, 0.4) is 0 Å². The Bertz CT molecular complexity index is 392. The molecular weight excluding hydrogens is 228 g/mol. The van der Waals surface area contributed by atoms with Crippen molar-refractivity contribution in [3.05, 3.63) is 18.3 Å². The summed E-state index contributed by atoms with van der Waals surface area (Å²) in [5, 5.41) is 2.81. The highest BCUT2D eigenvalue weighted by Crippen LogP contribution is 2.13. The molecule has 0 bridgehead atoms. The number of nitrogens with two attached hydrogens (primary N) is 1. The lowest BCUT2D eigenvalue weighted by Gasteiger charge is -2.17. The second-order valence-corrected chi connectivity index (χ2v) is 5.34. The average Bonchev–Trinajstić information content (AvgIpc) is 2.26. The summed E-state index contributed by atoms with van der Waals surface area (Å²) in [6.45, 7) is 3.82. The van der Waals surface area contributed by atoms with E-state index in [4.69, 9.17) is 5.73 Å². The van der Waals surface area contributed by atoms with Gasteiger partial charge in [0.05, 0.1) is 11.9 Å². The van der Waals surface area contributed by atoms with Crippen LogP contribution in [-0.2, 0) is 4.79 Å². The number of hydrogen-bond donors (Lipinski definition) is 2. The van der Waals surface area contributed by atoms with E-state index in [1.54, 1.807) is 6.20 Å². The minimum Gasteiger partial charge on any atom is -0.363 e. The summed E-state index contributed by atoms with van der Waals surface area (Å²) in [6.07, 6.45) is 2.72. The fourth-order valence-corrected chi connectivity index (χ4v) is 1.38. The monoisotopic (exact) mass is 250 g/mol. The lowest BCUT2D eigenvalue weighted by molar-refractivity contribution is -0.116. The topological polar surface area (TPSA) is 71.2 Å². The Balaban J connectivity index is 2.50. The minimum absolute atomic E-state index is 0.0343. The number of nitrogens with zero attached hydrogens (tertiary/aromatic N) is 2. The maximum atomic E-state index is 11.7. The van der Waals surface area contributed by atoms with Crippen molar-refractivity contribution in [3.8, 4) is 0 Å². The summed E-state index contributed by atoms with van der Waals surface area (Å²) >= 11 is 0. The molecule has 0 aromatic carbocycles. The molecule has 1 heterocycles. The first-order chi connectivity index (χ1) is 8.28. The molecule has 0 radical (unpaired) electrons. The van der Waals surface area contributed by atoms with E-state index >= 15 is 0 Å². The van der Waals surface area contributed by atoms with Gasteiger partial charge in [-0.15, -0.1) is 0 Å². The van der Waals surface area contributed by atoms with Gasteiger partial charge in [0.15, 0.2) is 0 Å². The van der Waals surface area contributed by atoms with Gasteiger partial charge in [-0.25, -0.2) is 4.98 Å². The summed E-state index contributed by atoms with van der Waals surface area (Å²) in [4.78, 5) is 17.8. The Morgan fingerprint density at radius 1 is 1.44 bits per heavy atom. The van der Waals surface area contributed by atoms with Gasteiger partial charge in [-0.3, -0.25) is 4.79 Å². The van der Waals surface area contributed by atoms with Gasteiger partial charge in [0.2, 0.25) is 5.91 Å². The highest BCUT2D eigenvalue weighted by atomic mass is 16.1. The van der Waals surface area contributed by atoms with E-state index in [0.29, 0.717) is 18.5 Å². The molecule has 1 amide bonds. The van der Waals surface area contributed by atoms with Crippen LogP contribution in [0.5, 0.6) is 0 Å². The SMILES string of the molecule is CN(C)c1ccc(NC(=O)CCC(C)(C)N)cn1. The van der Waals surface area contributed by atoms with Crippen LogP contribution < -0.4 is 16.0 Å². The molecule has 0 saturated carbocycles. The first kappa shape index (κ1) is 14.4. The van der Waals surface area contributed by atoms with E-state index in [9.17, 15) is 4.79 Å². The predicted molar refractivity (Wildman–Crippen MR) is 74.7 cm³/mol. The average molecular weight is 250 g/mol. The van der Waals surface area contributed by atoms with Crippen molar-refractivity contribution in [1.82, 2.24) is 4.98 Å². The van der Waals surface area contributed by atoms with Gasteiger partial charge in [0, 0.05) is 26.1 Å². The third-order valence-electron chi connectivity index (χ3n) is 2.49. The Hall–Kier alpha value is -1.62. The maximum absolute atomic E-state index is 11.7. The quantitative estimate of drug-likeness (QED) is 0.832. The van der Waals surface area contributed by atoms with Gasteiger partial charge in [-0.1, -0.05) is 0 Å². The number of nitrogens with one attached hydrogen (secondary N) is 1. The molecule has 0 unspecified atom stereocenters. The fourth-order valence-electron chi connectivity index (χ4n) is 1.38. The molecule has 1 rings (SSSR count). The van der Waals surface area contributed by atoms with Crippen molar-refractivity contribution in [2.45, 2.75) is 32.2 Å². The molecule has 1 aromatic heterocycles. The first-order valence-electron chi connectivity index (χ1n) is 6.00. The minimum atomic E-state index is -0.315. The lowest BCUT2D eigenvalue weighted by Crippen LogP contribution is -2.33. The molecule has 0 atom stereocenters. The summed E-state index contributed by atoms with van der Waals surface area (Å²) in [5.74, 6) is 0.823. The Kier molecular flexibility index (Phi) is 4.67. The molecule has 5 heteroatoms. The number of rotatable bonds is 5. The zero-order chi connectivity index (χ0) is 13.8. The van der Waals surface area contributed by atoms with Gasteiger partial charge in [-0.05, 0) is 32.4 Å². The molecule has 0 aliphatic heterocycles. The van der Waals surface area contributed by atoms with Crippen LogP contribution >= 0.6 is 0 Å². The lowest BCUT2D eigenvalue weighted by atomic mass is 10.00. The number of aromatic nitrogens is 1. The predicted octanol–water partition coefficient (Wildman–Crippen LogP) is 1.60. The molecule has 5 nitrogen and oxygen atoms in total. The zero-order valence-corrected chi connectivity index (χ0v) is 11.5. The van der Waals surface area contributed by atoms with Crippen LogP contribution in [-0.4, -0.2) is 30.5 Å². The van der Waals surface area contributed by atoms with Crippen molar-refractivity contribution in [3.63, 3.8) is 0 Å². The summed E-state index contributed by atoms with van der Waals surface area (Å²) in [6, 6.07) is 3.70. The van der Waals surface area contributed by atoms with E-state index in [1.807, 2.05) is 45.0 Å².